The smallest absolute Gasteiger partial charge is 0.329 e. The number of aliphatic carboxylic acids is 1. The molecule has 3 aromatic rings. The van der Waals surface area contributed by atoms with Crippen molar-refractivity contribution < 1.29 is 14.7 Å². The third-order valence-electron chi connectivity index (χ3n) is 4.61. The molecule has 3 rings (SSSR count). The first-order chi connectivity index (χ1) is 12.2. The summed E-state index contributed by atoms with van der Waals surface area (Å²) in [5.41, 5.74) is 0.829. The molecule has 1 amide bonds. The van der Waals surface area contributed by atoms with E-state index in [1.54, 1.807) is 17.8 Å². The van der Waals surface area contributed by atoms with Crippen molar-refractivity contribution in [1.82, 2.24) is 24.9 Å². The number of pyridine rings is 1. The first kappa shape index (κ1) is 17.5. The number of aromatic nitrogens is 4. The van der Waals surface area contributed by atoms with E-state index in [1.165, 1.54) is 20.9 Å². The quantitative estimate of drug-likeness (QED) is 0.770. The van der Waals surface area contributed by atoms with Gasteiger partial charge in [-0.1, -0.05) is 11.3 Å². The maximum atomic E-state index is 12.8. The van der Waals surface area contributed by atoms with Crippen LogP contribution < -0.4 is 0 Å². The summed E-state index contributed by atoms with van der Waals surface area (Å²) in [7, 11) is 1.44. The van der Waals surface area contributed by atoms with E-state index in [0.29, 0.717) is 5.69 Å². The Balaban J connectivity index is 2.06. The molecule has 0 saturated heterocycles. The number of carbonyl (C=O) groups is 2. The molecule has 0 radical (unpaired) electrons. The summed E-state index contributed by atoms with van der Waals surface area (Å²) in [6.45, 7) is 4.65. The Bertz CT molecular complexity index is 1000. The van der Waals surface area contributed by atoms with Gasteiger partial charge in [0.15, 0.2) is 5.69 Å². The van der Waals surface area contributed by atoms with E-state index in [2.05, 4.69) is 15.3 Å². The van der Waals surface area contributed by atoms with Gasteiger partial charge in [-0.15, -0.1) is 5.10 Å². The van der Waals surface area contributed by atoms with E-state index < -0.39 is 17.4 Å². The van der Waals surface area contributed by atoms with Crippen molar-refractivity contribution in [2.24, 2.45) is 0 Å². The predicted octanol–water partition coefficient (Wildman–Crippen LogP) is 2.06. The number of nitrogens with zero attached hydrogens (tertiary/aromatic N) is 5. The number of hydrogen-bond acceptors (Lipinski definition) is 5. The second-order valence-corrected chi connectivity index (χ2v) is 6.51. The largest absolute Gasteiger partial charge is 0.480 e. The minimum Gasteiger partial charge on any atom is -0.480 e. The molecule has 0 bridgehead atoms. The third kappa shape index (κ3) is 2.69. The fraction of sp³-hybridized carbons (Fsp3) is 0.278. The van der Waals surface area contributed by atoms with Crippen LogP contribution in [0.4, 0.5) is 0 Å². The van der Waals surface area contributed by atoms with Crippen molar-refractivity contribution in [1.29, 1.82) is 0 Å². The highest BCUT2D eigenvalue weighted by atomic mass is 16.4. The van der Waals surface area contributed by atoms with Gasteiger partial charge in [0.1, 0.15) is 5.54 Å². The van der Waals surface area contributed by atoms with Gasteiger partial charge in [0, 0.05) is 18.6 Å². The highest BCUT2D eigenvalue weighted by molar-refractivity contribution is 5.97. The van der Waals surface area contributed by atoms with E-state index in [-0.39, 0.29) is 5.69 Å². The van der Waals surface area contributed by atoms with Crippen LogP contribution in [0.15, 0.2) is 36.5 Å². The highest BCUT2D eigenvalue weighted by Gasteiger charge is 2.37. The van der Waals surface area contributed by atoms with Crippen LogP contribution in [-0.4, -0.2) is 54.4 Å². The molecule has 1 aromatic carbocycles. The Morgan fingerprint density at radius 1 is 1.19 bits per heavy atom. The molecule has 0 aliphatic carbocycles. The first-order valence-electron chi connectivity index (χ1n) is 8.03. The Morgan fingerprint density at radius 3 is 2.62 bits per heavy atom. The highest BCUT2D eigenvalue weighted by Crippen LogP contribution is 2.23. The summed E-state index contributed by atoms with van der Waals surface area (Å²) in [6.07, 6.45) is 1.71. The number of amides is 1. The van der Waals surface area contributed by atoms with Crippen LogP contribution in [0.1, 0.15) is 30.0 Å². The topological polar surface area (TPSA) is 101 Å². The number of benzene rings is 1. The minimum absolute atomic E-state index is 0.114. The van der Waals surface area contributed by atoms with Gasteiger partial charge in [-0.05, 0) is 45.0 Å². The number of rotatable bonds is 4. The number of likely N-dealkylation sites (N-methyl/N-ethyl adjacent to an activating group) is 1. The summed E-state index contributed by atoms with van der Waals surface area (Å²) in [6, 6.07) is 9.35. The van der Waals surface area contributed by atoms with Crippen molar-refractivity contribution in [2.75, 3.05) is 7.05 Å². The Labute approximate surface area is 150 Å². The molecule has 0 atom stereocenters. The normalized spacial score (nSPS) is 11.5. The van der Waals surface area contributed by atoms with Gasteiger partial charge < -0.3 is 10.0 Å². The Morgan fingerprint density at radius 2 is 1.92 bits per heavy atom. The van der Waals surface area contributed by atoms with Crippen molar-refractivity contribution in [3.05, 3.63) is 47.9 Å². The summed E-state index contributed by atoms with van der Waals surface area (Å²) >= 11 is 0. The van der Waals surface area contributed by atoms with E-state index in [0.717, 1.165) is 21.5 Å². The average molecular weight is 353 g/mol. The molecular formula is C18H19N5O3. The molecule has 1 N–H and O–H groups in total. The monoisotopic (exact) mass is 353 g/mol. The van der Waals surface area contributed by atoms with Gasteiger partial charge >= 0.3 is 5.97 Å². The molecule has 0 aliphatic rings. The number of carboxylic acid groups (broad SMARTS) is 1. The van der Waals surface area contributed by atoms with E-state index in [4.69, 9.17) is 0 Å². The zero-order chi connectivity index (χ0) is 19.1. The number of hydrogen-bond donors (Lipinski definition) is 1. The van der Waals surface area contributed by atoms with Gasteiger partial charge in [-0.3, -0.25) is 9.78 Å². The summed E-state index contributed by atoms with van der Waals surface area (Å²) < 4.78 is 1.57. The summed E-state index contributed by atoms with van der Waals surface area (Å²) in [5.74, 6) is -1.60. The third-order valence-corrected chi connectivity index (χ3v) is 4.61. The van der Waals surface area contributed by atoms with Crippen molar-refractivity contribution in [3.63, 3.8) is 0 Å². The lowest BCUT2D eigenvalue weighted by Gasteiger charge is -2.30. The number of carboxylic acids is 1. The zero-order valence-corrected chi connectivity index (χ0v) is 15.0. The molecule has 2 heterocycles. The lowest BCUT2D eigenvalue weighted by Crippen LogP contribution is -2.51. The number of carbonyl (C=O) groups excluding carboxylic acids is 1. The SMILES string of the molecule is Cc1c(C(=O)N(C)C(C)(C)C(=O)O)nnn1-c1cccc2ncccc12. The van der Waals surface area contributed by atoms with E-state index >= 15 is 0 Å². The minimum atomic E-state index is -1.36. The van der Waals surface area contributed by atoms with Crippen molar-refractivity contribution in [2.45, 2.75) is 26.3 Å². The maximum absolute atomic E-state index is 12.8. The molecular weight excluding hydrogens is 334 g/mol. The van der Waals surface area contributed by atoms with Gasteiger partial charge in [0.05, 0.1) is 16.9 Å². The number of fused-ring (bicyclic) bond motifs is 1. The predicted molar refractivity (Wildman–Crippen MR) is 95.2 cm³/mol. The van der Waals surface area contributed by atoms with Gasteiger partial charge in [-0.2, -0.15) is 0 Å². The standard InChI is InChI=1S/C18H19N5O3/c1-11-15(16(24)22(4)18(2,3)17(25)26)20-21-23(11)14-9-5-8-13-12(14)7-6-10-19-13/h5-10H,1-4H3,(H,25,26). The lowest BCUT2D eigenvalue weighted by molar-refractivity contribution is -0.147. The lowest BCUT2D eigenvalue weighted by atomic mass is 10.0. The molecule has 0 unspecified atom stereocenters. The van der Waals surface area contributed by atoms with Gasteiger partial charge in [-0.25, -0.2) is 9.48 Å². The van der Waals surface area contributed by atoms with Crippen LogP contribution in [0.3, 0.4) is 0 Å². The van der Waals surface area contributed by atoms with Gasteiger partial charge in [0.25, 0.3) is 5.91 Å². The van der Waals surface area contributed by atoms with Crippen LogP contribution in [0.25, 0.3) is 16.6 Å². The van der Waals surface area contributed by atoms with Crippen LogP contribution in [0.2, 0.25) is 0 Å². The fourth-order valence-corrected chi connectivity index (χ4v) is 2.58. The second kappa shape index (κ2) is 6.21. The molecule has 26 heavy (non-hydrogen) atoms. The fourth-order valence-electron chi connectivity index (χ4n) is 2.58. The maximum Gasteiger partial charge on any atom is 0.329 e. The van der Waals surface area contributed by atoms with Crippen molar-refractivity contribution >= 4 is 22.8 Å². The molecule has 134 valence electrons. The Kier molecular flexibility index (Phi) is 4.19. The molecule has 2 aromatic heterocycles. The molecule has 8 nitrogen and oxygen atoms in total. The summed E-state index contributed by atoms with van der Waals surface area (Å²) in [4.78, 5) is 29.6. The first-order valence-corrected chi connectivity index (χ1v) is 8.03. The summed E-state index contributed by atoms with van der Waals surface area (Å²) in [5, 5.41) is 18.3. The molecule has 0 fully saturated rings. The molecule has 0 aliphatic heterocycles. The Hall–Kier alpha value is -3.29. The van der Waals surface area contributed by atoms with Crippen LogP contribution >= 0.6 is 0 Å². The zero-order valence-electron chi connectivity index (χ0n) is 15.0. The van der Waals surface area contributed by atoms with Crippen LogP contribution in [0.5, 0.6) is 0 Å². The van der Waals surface area contributed by atoms with Crippen LogP contribution in [-0.2, 0) is 4.79 Å². The van der Waals surface area contributed by atoms with E-state index in [9.17, 15) is 14.7 Å². The van der Waals surface area contributed by atoms with Gasteiger partial charge in [0.2, 0.25) is 0 Å². The molecule has 0 saturated carbocycles. The molecule has 8 heteroatoms. The molecule has 0 spiro atoms. The average Bonchev–Trinajstić information content (AvgIpc) is 3.01. The van der Waals surface area contributed by atoms with Crippen molar-refractivity contribution in [3.8, 4) is 5.69 Å². The second-order valence-electron chi connectivity index (χ2n) is 6.51. The van der Waals surface area contributed by atoms with E-state index in [1.807, 2.05) is 30.3 Å². The van der Waals surface area contributed by atoms with Crippen LogP contribution in [0, 0.1) is 6.92 Å².